The van der Waals surface area contributed by atoms with Crippen molar-refractivity contribution in [3.05, 3.63) is 192 Å². The first-order valence-corrected chi connectivity index (χ1v) is 29.8. The van der Waals surface area contributed by atoms with Gasteiger partial charge in [-0.3, -0.25) is 0 Å². The lowest BCUT2D eigenvalue weighted by Crippen LogP contribution is -2.62. The fourth-order valence-corrected chi connectivity index (χ4v) is 14.8. The van der Waals surface area contributed by atoms with E-state index >= 15 is 0 Å². The van der Waals surface area contributed by atoms with Crippen LogP contribution in [0.4, 0.5) is 34.1 Å². The summed E-state index contributed by atoms with van der Waals surface area (Å²) >= 11 is 1.95. The fourth-order valence-electron chi connectivity index (χ4n) is 13.6. The monoisotopic (exact) mass is 1060 g/mol. The van der Waals surface area contributed by atoms with Gasteiger partial charge in [0.15, 0.2) is 0 Å². The highest BCUT2D eigenvalue weighted by atomic mass is 32.1. The molecule has 2 aliphatic heterocycles. The van der Waals surface area contributed by atoms with Crippen molar-refractivity contribution in [2.45, 2.75) is 131 Å². The molecule has 0 unspecified atom stereocenters. The maximum atomic E-state index is 2.67. The van der Waals surface area contributed by atoms with E-state index in [0.717, 1.165) is 5.69 Å². The van der Waals surface area contributed by atoms with Gasteiger partial charge in [-0.15, -0.1) is 11.3 Å². The molecule has 4 nitrogen and oxygen atoms in total. The van der Waals surface area contributed by atoms with Crippen LogP contribution in [-0.2, 0) is 27.2 Å². The van der Waals surface area contributed by atoms with Gasteiger partial charge in [-0.1, -0.05) is 174 Å². The zero-order valence-electron chi connectivity index (χ0n) is 49.4. The quantitative estimate of drug-likeness (QED) is 0.164. The molecule has 0 saturated carbocycles. The summed E-state index contributed by atoms with van der Waals surface area (Å²) in [5.41, 5.74) is 22.4. The Balaban J connectivity index is 1.17. The summed E-state index contributed by atoms with van der Waals surface area (Å²) in [7, 11) is 0. The van der Waals surface area contributed by atoms with Crippen molar-refractivity contribution in [3.8, 4) is 5.69 Å². The lowest BCUT2D eigenvalue weighted by molar-refractivity contribution is 0.423. The molecule has 0 saturated heterocycles. The molecule has 0 N–H and O–H groups in total. The lowest BCUT2D eigenvalue weighted by atomic mass is 9.32. The standard InChI is InChI=1S/C74H73BN4S/c1-70(2,3)44-28-33-48(34-29-44)76-58-37-32-46(72(7,8)9)38-55(58)75-67-61(76)39-47(73(10,11)12)40-62(67)77(49-35-30-45(31-36-49)71(4,5)6)63-43-64(69-66(68(63)75)52-24-18-21-27-65(52)80-69)78-56-25-19-16-22-50(56)53-42-60-54(41-59(53)78)51-23-17-20-26-57(51)79(60)74(13,14)15/h16-43H,1-15H3. The summed E-state index contributed by atoms with van der Waals surface area (Å²) < 4.78 is 7.79. The summed E-state index contributed by atoms with van der Waals surface area (Å²) in [6, 6.07) is 66.5. The second-order valence-corrected chi connectivity index (χ2v) is 29.3. The van der Waals surface area contributed by atoms with Crippen molar-refractivity contribution < 1.29 is 0 Å². The topological polar surface area (TPSA) is 16.3 Å². The van der Waals surface area contributed by atoms with Crippen LogP contribution in [0.25, 0.3) is 69.5 Å². The molecule has 0 fully saturated rings. The summed E-state index contributed by atoms with van der Waals surface area (Å²) in [6.07, 6.45) is 0. The molecule has 0 aliphatic carbocycles. The Kier molecular flexibility index (Phi) is 10.8. The SMILES string of the molecule is CC(C)(C)c1ccc(N2c3ccc(C(C)(C)C)cc3B3c4c2cc(C(C)(C)C)cc4N(c2ccc(C(C)(C)C)cc2)c2cc(-n4c5ccccc5c5cc6c(cc54)c4ccccc4n6C(C)(C)C)c4sc5ccccc5c4c23)cc1. The van der Waals surface area contributed by atoms with Crippen LogP contribution in [0.3, 0.4) is 0 Å². The van der Waals surface area contributed by atoms with Crippen LogP contribution < -0.4 is 26.2 Å². The maximum absolute atomic E-state index is 2.67. The average Bonchev–Trinajstić information content (AvgIpc) is 3.73. The van der Waals surface area contributed by atoms with Crippen molar-refractivity contribution in [1.29, 1.82) is 0 Å². The number of rotatable bonds is 3. The molecule has 0 radical (unpaired) electrons. The van der Waals surface area contributed by atoms with Crippen molar-refractivity contribution in [2.75, 3.05) is 9.80 Å². The number of hydrogen-bond donors (Lipinski definition) is 0. The molecule has 9 aromatic carbocycles. The molecule has 14 rings (SSSR count). The van der Waals surface area contributed by atoms with Crippen molar-refractivity contribution in [2.24, 2.45) is 0 Å². The Morgan fingerprint density at radius 1 is 0.350 bits per heavy atom. The second kappa shape index (κ2) is 17.0. The molecule has 398 valence electrons. The van der Waals surface area contributed by atoms with Crippen molar-refractivity contribution >= 4 is 132 Å². The van der Waals surface area contributed by atoms with Gasteiger partial charge in [-0.2, -0.15) is 0 Å². The molecule has 80 heavy (non-hydrogen) atoms. The normalized spacial score (nSPS) is 14.1. The van der Waals surface area contributed by atoms with E-state index in [4.69, 9.17) is 0 Å². The zero-order valence-corrected chi connectivity index (χ0v) is 50.3. The van der Waals surface area contributed by atoms with Gasteiger partial charge in [-0.05, 0) is 171 Å². The number of hydrogen-bond acceptors (Lipinski definition) is 3. The molecule has 0 spiro atoms. The lowest BCUT2D eigenvalue weighted by Gasteiger charge is -2.46. The van der Waals surface area contributed by atoms with Gasteiger partial charge in [0.2, 0.25) is 0 Å². The Bertz CT molecular complexity index is 4550. The third-order valence-electron chi connectivity index (χ3n) is 17.8. The van der Waals surface area contributed by atoms with Crippen LogP contribution in [0.15, 0.2) is 170 Å². The molecule has 5 heterocycles. The van der Waals surface area contributed by atoms with Gasteiger partial charge < -0.3 is 18.9 Å². The Labute approximate surface area is 477 Å². The number of anilines is 6. The molecular formula is C74H73BN4S. The Morgan fingerprint density at radius 3 is 1.40 bits per heavy atom. The number of aromatic nitrogens is 2. The number of para-hydroxylation sites is 2. The molecule has 0 bridgehead atoms. The fraction of sp³-hybridized carbons (Fsp3) is 0.270. The van der Waals surface area contributed by atoms with E-state index in [1.807, 2.05) is 11.3 Å². The highest BCUT2D eigenvalue weighted by Gasteiger charge is 2.46. The number of thiophene rings is 1. The molecular weight excluding hydrogens is 988 g/mol. The molecule has 0 atom stereocenters. The van der Waals surface area contributed by atoms with Gasteiger partial charge in [0, 0.05) is 71.4 Å². The third kappa shape index (κ3) is 7.53. The summed E-state index contributed by atoms with van der Waals surface area (Å²) in [5.74, 6) is 0. The van der Waals surface area contributed by atoms with Crippen LogP contribution in [0.2, 0.25) is 0 Å². The predicted octanol–water partition coefficient (Wildman–Crippen LogP) is 19.3. The van der Waals surface area contributed by atoms with Crippen LogP contribution >= 0.6 is 11.3 Å². The Hall–Kier alpha value is -7.54. The second-order valence-electron chi connectivity index (χ2n) is 28.3. The first-order valence-electron chi connectivity index (χ1n) is 29.0. The number of benzene rings is 9. The predicted molar refractivity (Wildman–Crippen MR) is 350 cm³/mol. The first kappa shape index (κ1) is 50.7. The zero-order chi connectivity index (χ0) is 55.9. The third-order valence-corrected chi connectivity index (χ3v) is 18.9. The van der Waals surface area contributed by atoms with Gasteiger partial charge in [0.05, 0.1) is 26.9 Å². The van der Waals surface area contributed by atoms with Gasteiger partial charge >= 0.3 is 0 Å². The summed E-state index contributed by atoms with van der Waals surface area (Å²) in [4.78, 5) is 5.28. The maximum Gasteiger partial charge on any atom is 0.253 e. The average molecular weight is 1060 g/mol. The highest BCUT2D eigenvalue weighted by molar-refractivity contribution is 7.26. The van der Waals surface area contributed by atoms with Gasteiger partial charge in [0.25, 0.3) is 6.71 Å². The number of nitrogens with zero attached hydrogens (tertiary/aromatic N) is 4. The minimum absolute atomic E-state index is 0.0116. The van der Waals surface area contributed by atoms with E-state index in [1.54, 1.807) is 0 Å². The number of fused-ring (bicyclic) bond motifs is 14. The van der Waals surface area contributed by atoms with Crippen LogP contribution in [0.5, 0.6) is 0 Å². The van der Waals surface area contributed by atoms with E-state index in [9.17, 15) is 0 Å². The highest BCUT2D eigenvalue weighted by Crippen LogP contribution is 2.52. The largest absolute Gasteiger partial charge is 0.335 e. The van der Waals surface area contributed by atoms with Gasteiger partial charge in [-0.25, -0.2) is 0 Å². The molecule has 6 heteroatoms. The van der Waals surface area contributed by atoms with Crippen molar-refractivity contribution in [1.82, 2.24) is 9.13 Å². The Morgan fingerprint density at radius 2 is 0.825 bits per heavy atom. The van der Waals surface area contributed by atoms with E-state index in [-0.39, 0.29) is 33.9 Å². The van der Waals surface area contributed by atoms with E-state index < -0.39 is 0 Å². The summed E-state index contributed by atoms with van der Waals surface area (Å²) in [6.45, 7) is 35.1. The van der Waals surface area contributed by atoms with E-state index in [2.05, 4.69) is 293 Å². The molecule has 3 aromatic heterocycles. The smallest absolute Gasteiger partial charge is 0.253 e. The molecule has 0 amide bonds. The van der Waals surface area contributed by atoms with Crippen LogP contribution in [0.1, 0.15) is 126 Å². The molecule has 12 aromatic rings. The van der Waals surface area contributed by atoms with E-state index in [1.165, 1.54) is 137 Å². The summed E-state index contributed by atoms with van der Waals surface area (Å²) in [5, 5.41) is 7.72. The van der Waals surface area contributed by atoms with Crippen molar-refractivity contribution in [3.63, 3.8) is 0 Å². The molecule has 2 aliphatic rings. The minimum atomic E-state index is -0.162. The van der Waals surface area contributed by atoms with Crippen LogP contribution in [-0.4, -0.2) is 15.8 Å². The van der Waals surface area contributed by atoms with Crippen LogP contribution in [0, 0.1) is 0 Å². The first-order chi connectivity index (χ1) is 37.9. The minimum Gasteiger partial charge on any atom is -0.335 e. The van der Waals surface area contributed by atoms with Gasteiger partial charge in [0.1, 0.15) is 0 Å². The van der Waals surface area contributed by atoms with E-state index in [0.29, 0.717) is 0 Å².